The lowest BCUT2D eigenvalue weighted by atomic mass is 9.33. The molecule has 3 heteroatoms. The first kappa shape index (κ1) is 31.6. The molecule has 0 aromatic heterocycles. The molecular weight excluding hydrogens is 526 g/mol. The summed E-state index contributed by atoms with van der Waals surface area (Å²) < 4.78 is 0. The molecule has 4 saturated carbocycles. The third-order valence-electron chi connectivity index (χ3n) is 16.0. The van der Waals surface area contributed by atoms with E-state index >= 15 is 0 Å². The van der Waals surface area contributed by atoms with E-state index in [0.717, 1.165) is 37.1 Å². The Balaban J connectivity index is 1.32. The Kier molecular flexibility index (Phi) is 7.60. The van der Waals surface area contributed by atoms with Crippen LogP contribution >= 0.6 is 0 Å². The average molecular weight is 590 g/mol. The van der Waals surface area contributed by atoms with Crippen molar-refractivity contribution < 1.29 is 9.90 Å². The van der Waals surface area contributed by atoms with Crippen LogP contribution in [0.2, 0.25) is 0 Å². The Labute approximate surface area is 263 Å². The average Bonchev–Trinajstić information content (AvgIpc) is 3.33. The molecule has 0 aliphatic heterocycles. The fraction of sp³-hybridized carbons (Fsp3) is 0.825. The van der Waals surface area contributed by atoms with Crippen LogP contribution in [0.4, 0.5) is 0 Å². The van der Waals surface area contributed by atoms with Gasteiger partial charge in [-0.2, -0.15) is 0 Å². The lowest BCUT2D eigenvalue weighted by Gasteiger charge is -2.72. The summed E-state index contributed by atoms with van der Waals surface area (Å²) in [7, 11) is 0. The monoisotopic (exact) mass is 589 g/mol. The van der Waals surface area contributed by atoms with Crippen LogP contribution in [0.25, 0.3) is 0 Å². The van der Waals surface area contributed by atoms with Gasteiger partial charge in [-0.3, -0.25) is 4.79 Å². The summed E-state index contributed by atoms with van der Waals surface area (Å²) in [5, 5.41) is 14.0. The normalized spacial score (nSPS) is 48.6. The van der Waals surface area contributed by atoms with E-state index in [1.807, 2.05) is 6.92 Å². The number of allylic oxidation sites excluding steroid dienone is 5. The maximum absolute atomic E-state index is 11.9. The van der Waals surface area contributed by atoms with Gasteiger partial charge < -0.3 is 10.4 Å². The van der Waals surface area contributed by atoms with Gasteiger partial charge in [0.2, 0.25) is 0 Å². The molecule has 0 bridgehead atoms. The molecule has 0 amide bonds. The third-order valence-corrected chi connectivity index (χ3v) is 16.0. The second kappa shape index (κ2) is 10.3. The smallest absolute Gasteiger partial charge is 0.309 e. The van der Waals surface area contributed by atoms with Gasteiger partial charge in [0.15, 0.2) is 0 Å². The van der Waals surface area contributed by atoms with Crippen molar-refractivity contribution in [3.63, 3.8) is 0 Å². The topological polar surface area (TPSA) is 49.3 Å². The molecule has 6 aliphatic rings. The molecule has 0 heterocycles. The first-order valence-electron chi connectivity index (χ1n) is 18.1. The van der Waals surface area contributed by atoms with Crippen LogP contribution in [0.5, 0.6) is 0 Å². The summed E-state index contributed by atoms with van der Waals surface area (Å²) in [4.78, 5) is 11.9. The molecule has 6 rings (SSSR count). The molecule has 0 aromatic rings. The van der Waals surface area contributed by atoms with Crippen LogP contribution in [-0.2, 0) is 4.79 Å². The zero-order valence-electron chi connectivity index (χ0n) is 29.0. The van der Waals surface area contributed by atoms with Crippen molar-refractivity contribution in [3.8, 4) is 0 Å². The summed E-state index contributed by atoms with van der Waals surface area (Å²) in [6.45, 7) is 25.6. The molecule has 2 N–H and O–H groups in total. The molecule has 1 unspecified atom stereocenters. The zero-order chi connectivity index (χ0) is 31.2. The van der Waals surface area contributed by atoms with Gasteiger partial charge in [0, 0.05) is 5.54 Å². The summed E-state index contributed by atoms with van der Waals surface area (Å²) in [6.07, 6.45) is 20.5. The lowest BCUT2D eigenvalue weighted by Crippen LogP contribution is -2.68. The molecule has 0 spiro atoms. The Morgan fingerprint density at radius 1 is 0.907 bits per heavy atom. The van der Waals surface area contributed by atoms with Gasteiger partial charge in [0.05, 0.1) is 5.41 Å². The highest BCUT2D eigenvalue weighted by atomic mass is 16.4. The summed E-state index contributed by atoms with van der Waals surface area (Å²) >= 11 is 0. The maximum Gasteiger partial charge on any atom is 0.309 e. The lowest BCUT2D eigenvalue weighted by molar-refractivity contribution is -0.221. The molecule has 240 valence electrons. The Hall–Kier alpha value is -1.35. The van der Waals surface area contributed by atoms with Crippen LogP contribution in [0.15, 0.2) is 35.5 Å². The number of aliphatic carboxylic acids is 1. The molecular formula is C40H63NO2. The summed E-state index contributed by atoms with van der Waals surface area (Å²) in [6, 6.07) is 0. The number of carbonyl (C=O) groups is 1. The fourth-order valence-corrected chi connectivity index (χ4v) is 13.4. The molecule has 43 heavy (non-hydrogen) atoms. The van der Waals surface area contributed by atoms with Crippen LogP contribution in [-0.4, -0.2) is 23.2 Å². The van der Waals surface area contributed by atoms with Crippen LogP contribution < -0.4 is 5.32 Å². The maximum atomic E-state index is 11.9. The van der Waals surface area contributed by atoms with Crippen LogP contribution in [0.1, 0.15) is 139 Å². The SMILES string of the molecule is C=C(C)[C@@H]1CC[C@]2(NCCC)CC[C@]3(C)[C@H](CC[C@@H]4[C@@]5(C)CC=C(C6=CCC(C)(C(=O)O)CC6)C(C)(C)[C@@H]5CC[C@]43C)[C@@H]12. The Bertz CT molecular complexity index is 1230. The largest absolute Gasteiger partial charge is 0.481 e. The van der Waals surface area contributed by atoms with Crippen LogP contribution in [0.3, 0.4) is 0 Å². The van der Waals surface area contributed by atoms with Gasteiger partial charge in [-0.15, -0.1) is 0 Å². The van der Waals surface area contributed by atoms with E-state index in [4.69, 9.17) is 0 Å². The van der Waals surface area contributed by atoms with E-state index in [2.05, 4.69) is 72.5 Å². The molecule has 4 fully saturated rings. The molecule has 10 atom stereocenters. The number of rotatable bonds is 6. The summed E-state index contributed by atoms with van der Waals surface area (Å²) in [5.41, 5.74) is 5.34. The van der Waals surface area contributed by atoms with E-state index in [-0.39, 0.29) is 5.41 Å². The number of carboxylic acids is 1. The zero-order valence-corrected chi connectivity index (χ0v) is 29.0. The van der Waals surface area contributed by atoms with Crippen molar-refractivity contribution >= 4 is 5.97 Å². The van der Waals surface area contributed by atoms with Crippen molar-refractivity contribution in [1.29, 1.82) is 0 Å². The van der Waals surface area contributed by atoms with Gasteiger partial charge >= 0.3 is 5.97 Å². The quantitative estimate of drug-likeness (QED) is 0.303. The number of nitrogens with one attached hydrogen (secondary N) is 1. The van der Waals surface area contributed by atoms with E-state index in [0.29, 0.717) is 40.0 Å². The first-order chi connectivity index (χ1) is 20.1. The minimum absolute atomic E-state index is 0.122. The summed E-state index contributed by atoms with van der Waals surface area (Å²) in [5.74, 6) is 2.99. The van der Waals surface area contributed by atoms with Gasteiger partial charge in [0.1, 0.15) is 0 Å². The van der Waals surface area contributed by atoms with Crippen molar-refractivity contribution in [1.82, 2.24) is 5.32 Å². The van der Waals surface area contributed by atoms with Crippen molar-refractivity contribution in [2.24, 2.45) is 56.7 Å². The van der Waals surface area contributed by atoms with Gasteiger partial charge in [-0.05, 0) is 166 Å². The Morgan fingerprint density at radius 2 is 1.65 bits per heavy atom. The predicted octanol–water partition coefficient (Wildman–Crippen LogP) is 10.1. The van der Waals surface area contributed by atoms with E-state index in [1.165, 1.54) is 75.4 Å². The van der Waals surface area contributed by atoms with Crippen molar-refractivity contribution in [3.05, 3.63) is 35.5 Å². The molecule has 0 radical (unpaired) electrons. The number of hydrogen-bond acceptors (Lipinski definition) is 2. The first-order valence-corrected chi connectivity index (χ1v) is 18.1. The highest BCUT2D eigenvalue weighted by Crippen LogP contribution is 2.76. The Morgan fingerprint density at radius 3 is 2.28 bits per heavy atom. The van der Waals surface area contributed by atoms with Crippen LogP contribution in [0, 0.1) is 56.7 Å². The van der Waals surface area contributed by atoms with Gasteiger partial charge in [-0.1, -0.05) is 65.8 Å². The second-order valence-electron chi connectivity index (χ2n) is 18.1. The van der Waals surface area contributed by atoms with Crippen molar-refractivity contribution in [2.45, 2.75) is 144 Å². The number of fused-ring (bicyclic) bond motifs is 7. The van der Waals surface area contributed by atoms with Gasteiger partial charge in [-0.25, -0.2) is 0 Å². The minimum Gasteiger partial charge on any atom is -0.481 e. The van der Waals surface area contributed by atoms with Crippen molar-refractivity contribution in [2.75, 3.05) is 6.54 Å². The third kappa shape index (κ3) is 4.31. The predicted molar refractivity (Wildman–Crippen MR) is 179 cm³/mol. The number of hydrogen-bond donors (Lipinski definition) is 2. The van der Waals surface area contributed by atoms with Gasteiger partial charge in [0.25, 0.3) is 0 Å². The fourth-order valence-electron chi connectivity index (χ4n) is 13.4. The van der Waals surface area contributed by atoms with E-state index < -0.39 is 11.4 Å². The molecule has 3 nitrogen and oxygen atoms in total. The number of carboxylic acid groups (broad SMARTS) is 1. The molecule has 6 aliphatic carbocycles. The molecule has 0 aromatic carbocycles. The highest BCUT2D eigenvalue weighted by Gasteiger charge is 2.70. The van der Waals surface area contributed by atoms with E-state index in [1.54, 1.807) is 5.57 Å². The standard InChI is InChI=1S/C40H63NO2/c1-10-25-41-40-22-15-28(26(2)3)33(40)30-11-12-32-37(7)20-16-29(27-13-18-36(6,19-14-27)34(42)43)35(4,5)31(37)17-21-39(32,9)38(30,8)23-24-40/h13,16,28,30-33,41H,2,10-12,14-15,17-25H2,1,3-9H3,(H,42,43)/t28-,30+,31-,32+,33+,36?,37-,38+,39+,40-/m0/s1. The highest BCUT2D eigenvalue weighted by molar-refractivity contribution is 5.75. The van der Waals surface area contributed by atoms with E-state index in [9.17, 15) is 9.90 Å². The molecule has 0 saturated heterocycles. The minimum atomic E-state index is -0.642. The second-order valence-corrected chi connectivity index (χ2v) is 18.1.